The first-order valence-electron chi connectivity index (χ1n) is 6.43. The second kappa shape index (κ2) is 6.76. The van der Waals surface area contributed by atoms with Crippen molar-refractivity contribution in [1.29, 1.82) is 0 Å². The minimum Gasteiger partial charge on any atom is -0.327 e. The molecule has 0 aliphatic rings. The van der Waals surface area contributed by atoms with Gasteiger partial charge in [-0.25, -0.2) is 25.9 Å². The van der Waals surface area contributed by atoms with Crippen molar-refractivity contribution >= 4 is 10.0 Å². The molecule has 1 unspecified atom stereocenters. The maximum Gasteiger partial charge on any atom is 0.245 e. The second-order valence-electron chi connectivity index (χ2n) is 5.22. The van der Waals surface area contributed by atoms with Crippen molar-refractivity contribution in [2.24, 2.45) is 11.7 Å². The monoisotopic (exact) mass is 324 g/mol. The fourth-order valence-electron chi connectivity index (χ4n) is 1.65. The van der Waals surface area contributed by atoms with E-state index in [0.717, 1.165) is 4.31 Å². The molecule has 0 spiro atoms. The van der Waals surface area contributed by atoms with Crippen LogP contribution in [-0.2, 0) is 10.0 Å². The molecule has 0 saturated heterocycles. The summed E-state index contributed by atoms with van der Waals surface area (Å²) in [6, 6.07) is 0.354. The highest BCUT2D eigenvalue weighted by molar-refractivity contribution is 7.89. The highest BCUT2D eigenvalue weighted by Gasteiger charge is 2.27. The standard InChI is InChI=1S/C13H19F3N2O2S/c1-8(2)12(17)4-5-18(3)21(19,20)13-7-10(15)9(14)6-11(13)16/h6-8,12H,4-5,17H2,1-3H3. The summed E-state index contributed by atoms with van der Waals surface area (Å²) in [7, 11) is -3.00. The van der Waals surface area contributed by atoms with E-state index in [4.69, 9.17) is 5.73 Å². The van der Waals surface area contributed by atoms with Gasteiger partial charge in [-0.05, 0) is 18.4 Å². The van der Waals surface area contributed by atoms with Crippen molar-refractivity contribution in [3.05, 3.63) is 29.6 Å². The molecule has 4 nitrogen and oxygen atoms in total. The molecule has 0 radical (unpaired) electrons. The van der Waals surface area contributed by atoms with Crippen LogP contribution in [0.2, 0.25) is 0 Å². The van der Waals surface area contributed by atoms with Crippen LogP contribution in [0.4, 0.5) is 13.2 Å². The molecule has 0 bridgehead atoms. The molecule has 2 N–H and O–H groups in total. The number of benzene rings is 1. The molecule has 1 atom stereocenters. The molecule has 0 aliphatic carbocycles. The lowest BCUT2D eigenvalue weighted by atomic mass is 10.0. The Morgan fingerprint density at radius 1 is 1.14 bits per heavy atom. The van der Waals surface area contributed by atoms with Gasteiger partial charge in [0.1, 0.15) is 10.7 Å². The van der Waals surface area contributed by atoms with Crippen LogP contribution in [0.3, 0.4) is 0 Å². The predicted molar refractivity (Wildman–Crippen MR) is 73.6 cm³/mol. The fourth-order valence-corrected chi connectivity index (χ4v) is 2.89. The average Bonchev–Trinajstić information content (AvgIpc) is 2.39. The van der Waals surface area contributed by atoms with Gasteiger partial charge in [-0.15, -0.1) is 0 Å². The van der Waals surface area contributed by atoms with E-state index in [1.807, 2.05) is 13.8 Å². The zero-order valence-corrected chi connectivity index (χ0v) is 12.9. The summed E-state index contributed by atoms with van der Waals surface area (Å²) in [5.74, 6) is -4.01. The summed E-state index contributed by atoms with van der Waals surface area (Å²) in [5.41, 5.74) is 5.82. The molecule has 0 amide bonds. The van der Waals surface area contributed by atoms with Crippen LogP contribution in [0, 0.1) is 23.4 Å². The van der Waals surface area contributed by atoms with Gasteiger partial charge in [0, 0.05) is 25.7 Å². The van der Waals surface area contributed by atoms with Crippen LogP contribution >= 0.6 is 0 Å². The minimum absolute atomic E-state index is 0.0557. The van der Waals surface area contributed by atoms with E-state index in [1.165, 1.54) is 7.05 Å². The molecule has 8 heteroatoms. The van der Waals surface area contributed by atoms with Crippen LogP contribution in [0.5, 0.6) is 0 Å². The van der Waals surface area contributed by atoms with Gasteiger partial charge in [0.05, 0.1) is 0 Å². The lowest BCUT2D eigenvalue weighted by Crippen LogP contribution is -2.35. The summed E-state index contributed by atoms with van der Waals surface area (Å²) >= 11 is 0. The molecule has 1 aromatic carbocycles. The molecule has 0 fully saturated rings. The fraction of sp³-hybridized carbons (Fsp3) is 0.538. The molecule has 0 heterocycles. The zero-order valence-electron chi connectivity index (χ0n) is 12.1. The van der Waals surface area contributed by atoms with Gasteiger partial charge in [-0.2, -0.15) is 0 Å². The third-order valence-corrected chi connectivity index (χ3v) is 5.17. The van der Waals surface area contributed by atoms with Gasteiger partial charge >= 0.3 is 0 Å². The van der Waals surface area contributed by atoms with Crippen molar-refractivity contribution in [2.45, 2.75) is 31.2 Å². The lowest BCUT2D eigenvalue weighted by Gasteiger charge is -2.21. The van der Waals surface area contributed by atoms with Crippen molar-refractivity contribution in [3.63, 3.8) is 0 Å². The number of hydrogen-bond acceptors (Lipinski definition) is 3. The largest absolute Gasteiger partial charge is 0.327 e. The normalized spacial score (nSPS) is 14.0. The maximum atomic E-state index is 13.6. The van der Waals surface area contributed by atoms with Gasteiger partial charge in [0.25, 0.3) is 0 Å². The van der Waals surface area contributed by atoms with E-state index in [-0.39, 0.29) is 24.6 Å². The van der Waals surface area contributed by atoms with E-state index >= 15 is 0 Å². The number of rotatable bonds is 6. The third kappa shape index (κ3) is 4.18. The first-order valence-corrected chi connectivity index (χ1v) is 7.87. The first-order chi connectivity index (χ1) is 9.57. The van der Waals surface area contributed by atoms with Gasteiger partial charge in [0.2, 0.25) is 10.0 Å². The molecular formula is C13H19F3N2O2S. The van der Waals surface area contributed by atoms with Crippen LogP contribution in [0.25, 0.3) is 0 Å². The summed E-state index contributed by atoms with van der Waals surface area (Å²) < 4.78 is 64.7. The Hall–Kier alpha value is -1.12. The minimum atomic E-state index is -4.23. The van der Waals surface area contributed by atoms with E-state index in [2.05, 4.69) is 0 Å². The molecular weight excluding hydrogens is 305 g/mol. The van der Waals surface area contributed by atoms with Crippen molar-refractivity contribution < 1.29 is 21.6 Å². The van der Waals surface area contributed by atoms with Crippen LogP contribution in [-0.4, -0.2) is 32.4 Å². The van der Waals surface area contributed by atoms with Gasteiger partial charge < -0.3 is 5.73 Å². The van der Waals surface area contributed by atoms with Gasteiger partial charge in [-0.3, -0.25) is 0 Å². The highest BCUT2D eigenvalue weighted by Crippen LogP contribution is 2.22. The summed E-state index contributed by atoms with van der Waals surface area (Å²) in [6.45, 7) is 3.85. The van der Waals surface area contributed by atoms with E-state index in [0.29, 0.717) is 12.5 Å². The Labute approximate surface area is 122 Å². The maximum absolute atomic E-state index is 13.6. The molecule has 1 rings (SSSR count). The molecule has 0 aliphatic heterocycles. The Morgan fingerprint density at radius 2 is 1.67 bits per heavy atom. The van der Waals surface area contributed by atoms with E-state index < -0.39 is 32.4 Å². The SMILES string of the molecule is CC(C)C(N)CCN(C)S(=O)(=O)c1cc(F)c(F)cc1F. The Bertz CT molecular complexity index is 606. The van der Waals surface area contributed by atoms with Gasteiger partial charge in [-0.1, -0.05) is 13.8 Å². The second-order valence-corrected chi connectivity index (χ2v) is 7.23. The first kappa shape index (κ1) is 17.9. The van der Waals surface area contributed by atoms with Crippen LogP contribution < -0.4 is 5.73 Å². The zero-order chi connectivity index (χ0) is 16.4. The summed E-state index contributed by atoms with van der Waals surface area (Å²) in [5, 5.41) is 0. The summed E-state index contributed by atoms with van der Waals surface area (Å²) in [4.78, 5) is -0.887. The average molecular weight is 324 g/mol. The van der Waals surface area contributed by atoms with Crippen molar-refractivity contribution in [2.75, 3.05) is 13.6 Å². The molecule has 0 aromatic heterocycles. The molecule has 1 aromatic rings. The number of sulfonamides is 1. The molecule has 21 heavy (non-hydrogen) atoms. The Morgan fingerprint density at radius 3 is 2.19 bits per heavy atom. The highest BCUT2D eigenvalue weighted by atomic mass is 32.2. The van der Waals surface area contributed by atoms with E-state index in [1.54, 1.807) is 0 Å². The topological polar surface area (TPSA) is 63.4 Å². The Kier molecular flexibility index (Phi) is 5.77. The Balaban J connectivity index is 2.98. The smallest absolute Gasteiger partial charge is 0.245 e. The third-order valence-electron chi connectivity index (χ3n) is 3.30. The van der Waals surface area contributed by atoms with Crippen LogP contribution in [0.15, 0.2) is 17.0 Å². The lowest BCUT2D eigenvalue weighted by molar-refractivity contribution is 0.395. The number of halogens is 3. The summed E-state index contributed by atoms with van der Waals surface area (Å²) in [6.07, 6.45) is 0.374. The van der Waals surface area contributed by atoms with Crippen LogP contribution in [0.1, 0.15) is 20.3 Å². The number of nitrogens with zero attached hydrogens (tertiary/aromatic N) is 1. The quantitative estimate of drug-likeness (QED) is 0.815. The molecule has 120 valence electrons. The number of nitrogens with two attached hydrogens (primary N) is 1. The van der Waals surface area contributed by atoms with E-state index in [9.17, 15) is 21.6 Å². The predicted octanol–water partition coefficient (Wildman–Crippen LogP) is 2.10. The number of hydrogen-bond donors (Lipinski definition) is 1. The van der Waals surface area contributed by atoms with Gasteiger partial charge in [0.15, 0.2) is 11.6 Å². The molecule has 0 saturated carbocycles. The van der Waals surface area contributed by atoms with Crippen molar-refractivity contribution in [1.82, 2.24) is 4.31 Å². The van der Waals surface area contributed by atoms with Crippen molar-refractivity contribution in [3.8, 4) is 0 Å².